The van der Waals surface area contributed by atoms with Gasteiger partial charge in [0.2, 0.25) is 0 Å². The maximum Gasteiger partial charge on any atom is 0.310 e. The van der Waals surface area contributed by atoms with Crippen LogP contribution < -0.4 is 9.34 Å². The minimum atomic E-state index is -2.76. The quantitative estimate of drug-likeness (QED) is 0.501. The van der Waals surface area contributed by atoms with Gasteiger partial charge in [0.25, 0.3) is 0 Å². The van der Waals surface area contributed by atoms with Crippen molar-refractivity contribution in [1.82, 2.24) is 0 Å². The molecule has 2 aromatic rings. The molecule has 2 aromatic carbocycles. The Morgan fingerprint density at radius 3 is 1.82 bits per heavy atom. The second-order valence-electron chi connectivity index (χ2n) is 7.07. The Morgan fingerprint density at radius 2 is 1.43 bits per heavy atom. The summed E-state index contributed by atoms with van der Waals surface area (Å²) >= 11 is 0. The number of carbonyl (C=O) groups excluding carboxylic acids is 1. The molecular formula is C22H28N3O2P. The molecule has 28 heavy (non-hydrogen) atoms. The van der Waals surface area contributed by atoms with E-state index in [0.717, 1.165) is 24.5 Å². The van der Waals surface area contributed by atoms with Crippen molar-refractivity contribution in [3.8, 4) is 0 Å². The summed E-state index contributed by atoms with van der Waals surface area (Å²) in [4.78, 5) is 12.1. The van der Waals surface area contributed by atoms with Gasteiger partial charge in [0.15, 0.2) is 7.36 Å². The molecule has 0 bridgehead atoms. The van der Waals surface area contributed by atoms with Gasteiger partial charge >= 0.3 is 5.97 Å². The van der Waals surface area contributed by atoms with Crippen molar-refractivity contribution in [2.45, 2.75) is 27.2 Å². The van der Waals surface area contributed by atoms with E-state index in [1.54, 1.807) is 6.92 Å². The van der Waals surface area contributed by atoms with Crippen molar-refractivity contribution < 1.29 is 9.53 Å². The standard InChI is InChI=1S/C22H28N3O2P/c1-5-27-22(26)16-19(4)28(23)24(20-10-6-17(2)7-11-20)14-15-25(28)21-12-8-18(3)9-13-21/h6-13,23H,4-5,14-16H2,1-3H3. The molecule has 0 aliphatic carbocycles. The van der Waals surface area contributed by atoms with Crippen molar-refractivity contribution >= 4 is 24.7 Å². The van der Waals surface area contributed by atoms with Crippen LogP contribution in [0.25, 0.3) is 0 Å². The molecule has 0 atom stereocenters. The predicted octanol–water partition coefficient (Wildman–Crippen LogP) is 5.71. The van der Waals surface area contributed by atoms with Crippen LogP contribution in [0.5, 0.6) is 0 Å². The first-order valence-electron chi connectivity index (χ1n) is 9.53. The second kappa shape index (κ2) is 8.24. The number of nitrogens with zero attached hydrogens (tertiary/aromatic N) is 2. The Morgan fingerprint density at radius 1 is 1.00 bits per heavy atom. The highest BCUT2D eigenvalue weighted by Gasteiger charge is 2.42. The fraction of sp³-hybridized carbons (Fsp3) is 0.318. The second-order valence-corrected chi connectivity index (χ2v) is 9.87. The largest absolute Gasteiger partial charge is 0.466 e. The SMILES string of the molecule is C=C(CC(=O)OCC)P1(=N)N(c2ccc(C)cc2)CCN1c1ccc(C)cc1. The van der Waals surface area contributed by atoms with Crippen molar-refractivity contribution in [3.05, 3.63) is 71.6 Å². The third-order valence-corrected chi connectivity index (χ3v) is 8.28. The fourth-order valence-electron chi connectivity index (χ4n) is 3.47. The van der Waals surface area contributed by atoms with Crippen LogP contribution in [-0.4, -0.2) is 25.7 Å². The fourth-order valence-corrected chi connectivity index (χ4v) is 6.45. The first kappa shape index (κ1) is 20.2. The number of esters is 1. The Kier molecular flexibility index (Phi) is 5.95. The molecule has 1 saturated heterocycles. The lowest BCUT2D eigenvalue weighted by molar-refractivity contribution is -0.142. The molecule has 1 aliphatic heterocycles. The number of hydrogen-bond donors (Lipinski definition) is 1. The Balaban J connectivity index is 2.01. The van der Waals surface area contributed by atoms with Crippen molar-refractivity contribution in [3.63, 3.8) is 0 Å². The Hall–Kier alpha value is -2.52. The molecule has 1 N–H and O–H groups in total. The summed E-state index contributed by atoms with van der Waals surface area (Å²) in [5.41, 5.74) is 4.34. The number of rotatable bonds is 6. The summed E-state index contributed by atoms with van der Waals surface area (Å²) in [5, 5.41) is 10.2. The van der Waals surface area contributed by atoms with Gasteiger partial charge in [-0.2, -0.15) is 0 Å². The van der Waals surface area contributed by atoms with Gasteiger partial charge in [-0.1, -0.05) is 42.0 Å². The molecule has 0 unspecified atom stereocenters. The summed E-state index contributed by atoms with van der Waals surface area (Å²) < 4.78 is 9.37. The summed E-state index contributed by atoms with van der Waals surface area (Å²) in [7, 11) is -2.76. The lowest BCUT2D eigenvalue weighted by Crippen LogP contribution is -2.21. The van der Waals surface area contributed by atoms with E-state index in [1.165, 1.54) is 11.1 Å². The predicted molar refractivity (Wildman–Crippen MR) is 117 cm³/mol. The van der Waals surface area contributed by atoms with Crippen LogP contribution in [-0.2, 0) is 9.53 Å². The van der Waals surface area contributed by atoms with Crippen LogP contribution in [0, 0.1) is 19.0 Å². The maximum atomic E-state index is 12.1. The molecule has 148 valence electrons. The van der Waals surface area contributed by atoms with E-state index in [2.05, 4.69) is 78.3 Å². The average molecular weight is 397 g/mol. The summed E-state index contributed by atoms with van der Waals surface area (Å²) in [6, 6.07) is 16.4. The minimum Gasteiger partial charge on any atom is -0.466 e. The number of carbonyl (C=O) groups is 1. The highest BCUT2D eigenvalue weighted by Crippen LogP contribution is 2.66. The smallest absolute Gasteiger partial charge is 0.310 e. The van der Waals surface area contributed by atoms with E-state index in [0.29, 0.717) is 11.9 Å². The third kappa shape index (κ3) is 3.85. The van der Waals surface area contributed by atoms with Crippen LogP contribution in [0.2, 0.25) is 0 Å². The van der Waals surface area contributed by atoms with Crippen LogP contribution in [0.1, 0.15) is 24.5 Å². The monoisotopic (exact) mass is 397 g/mol. The third-order valence-electron chi connectivity index (χ3n) is 4.98. The normalized spacial score (nSPS) is 15.5. The summed E-state index contributed by atoms with van der Waals surface area (Å²) in [5.74, 6) is -0.321. The van der Waals surface area contributed by atoms with E-state index < -0.39 is 7.36 Å². The lowest BCUT2D eigenvalue weighted by Gasteiger charge is -2.37. The number of anilines is 2. The number of hydrogen-bond acceptors (Lipinski definition) is 3. The minimum absolute atomic E-state index is 0.0653. The first-order valence-corrected chi connectivity index (χ1v) is 11.2. The van der Waals surface area contributed by atoms with Crippen LogP contribution in [0.15, 0.2) is 60.4 Å². The molecule has 0 spiro atoms. The Labute approximate surface area is 167 Å². The lowest BCUT2D eigenvalue weighted by atomic mass is 10.2. The molecular weight excluding hydrogens is 369 g/mol. The van der Waals surface area contributed by atoms with E-state index in [-0.39, 0.29) is 12.4 Å². The molecule has 1 aliphatic rings. The van der Waals surface area contributed by atoms with Crippen molar-refractivity contribution in [2.75, 3.05) is 29.0 Å². The molecule has 3 rings (SSSR count). The molecule has 0 amide bonds. The van der Waals surface area contributed by atoms with Gasteiger partial charge in [-0.3, -0.25) is 9.96 Å². The zero-order valence-corrected chi connectivity index (χ0v) is 17.7. The van der Waals surface area contributed by atoms with Crippen molar-refractivity contribution in [1.29, 1.82) is 5.16 Å². The topological polar surface area (TPSA) is 56.6 Å². The van der Waals surface area contributed by atoms with E-state index in [9.17, 15) is 9.96 Å². The van der Waals surface area contributed by atoms with Gasteiger partial charge in [0.05, 0.1) is 13.0 Å². The maximum absolute atomic E-state index is 12.1. The number of ether oxygens (including phenoxy) is 1. The molecule has 6 heteroatoms. The van der Waals surface area contributed by atoms with E-state index >= 15 is 0 Å². The van der Waals surface area contributed by atoms with Gasteiger partial charge in [0, 0.05) is 29.8 Å². The summed E-state index contributed by atoms with van der Waals surface area (Å²) in [6.07, 6.45) is 0.0653. The molecule has 0 aromatic heterocycles. The van der Waals surface area contributed by atoms with E-state index in [1.807, 2.05) is 0 Å². The zero-order chi connectivity index (χ0) is 20.3. The molecule has 5 nitrogen and oxygen atoms in total. The molecule has 1 fully saturated rings. The average Bonchev–Trinajstić information content (AvgIpc) is 3.02. The molecule has 0 saturated carbocycles. The van der Waals surface area contributed by atoms with Crippen molar-refractivity contribution in [2.24, 2.45) is 0 Å². The number of benzene rings is 2. The Bertz CT molecular complexity index is 849. The number of nitrogens with one attached hydrogen (secondary N) is 1. The van der Waals surface area contributed by atoms with Crippen LogP contribution >= 0.6 is 7.36 Å². The summed E-state index contributed by atoms with van der Waals surface area (Å²) in [6.45, 7) is 11.9. The van der Waals surface area contributed by atoms with Crippen LogP contribution in [0.4, 0.5) is 11.4 Å². The number of aryl methyl sites for hydroxylation is 2. The van der Waals surface area contributed by atoms with Gasteiger partial charge in [0.1, 0.15) is 0 Å². The first-order chi connectivity index (χ1) is 13.4. The van der Waals surface area contributed by atoms with Gasteiger partial charge < -0.3 is 14.1 Å². The van der Waals surface area contributed by atoms with Gasteiger partial charge in [-0.25, -0.2) is 0 Å². The highest BCUT2D eigenvalue weighted by molar-refractivity contribution is 7.72. The van der Waals surface area contributed by atoms with E-state index in [4.69, 9.17) is 4.74 Å². The van der Waals surface area contributed by atoms with Gasteiger partial charge in [-0.15, -0.1) is 0 Å². The van der Waals surface area contributed by atoms with Gasteiger partial charge in [-0.05, 0) is 45.0 Å². The zero-order valence-electron chi connectivity index (χ0n) is 16.8. The molecule has 0 radical (unpaired) electrons. The van der Waals surface area contributed by atoms with Crippen LogP contribution in [0.3, 0.4) is 0 Å². The molecule has 1 heterocycles. The highest BCUT2D eigenvalue weighted by atomic mass is 31.2.